The van der Waals surface area contributed by atoms with Crippen LogP contribution in [0.15, 0.2) is 79.1 Å². The van der Waals surface area contributed by atoms with Crippen molar-refractivity contribution in [2.75, 3.05) is 0 Å². The van der Waals surface area contributed by atoms with Gasteiger partial charge in [0, 0.05) is 25.5 Å². The van der Waals surface area contributed by atoms with Crippen LogP contribution in [-0.2, 0) is 18.6 Å². The van der Waals surface area contributed by atoms with E-state index >= 15 is 0 Å². The third-order valence-electron chi connectivity index (χ3n) is 5.26. The second-order valence-corrected chi connectivity index (χ2v) is 8.83. The highest BCUT2D eigenvalue weighted by molar-refractivity contribution is 5.27. The van der Waals surface area contributed by atoms with Crippen LogP contribution in [0.3, 0.4) is 0 Å². The largest absolute Gasteiger partial charge is 0.281 e. The maximum absolute atomic E-state index is 13.8. The second-order valence-electron chi connectivity index (χ2n) is 8.83. The molecule has 0 saturated carbocycles. The molecule has 164 valence electrons. The van der Waals surface area contributed by atoms with Crippen molar-refractivity contribution in [2.45, 2.75) is 45.4 Å². The first-order valence-electron chi connectivity index (χ1n) is 10.6. The van der Waals surface area contributed by atoms with Crippen LogP contribution in [0.2, 0.25) is 0 Å². The zero-order chi connectivity index (χ0) is 22.6. The van der Waals surface area contributed by atoms with Crippen LogP contribution in [-0.4, -0.2) is 30.1 Å². The van der Waals surface area contributed by atoms with Gasteiger partial charge in [-0.05, 0) is 66.1 Å². The van der Waals surface area contributed by atoms with Gasteiger partial charge in [0.05, 0.1) is 11.6 Å². The lowest BCUT2D eigenvalue weighted by atomic mass is 10.0. The van der Waals surface area contributed by atoms with Crippen molar-refractivity contribution in [2.24, 2.45) is 0 Å². The number of benzene rings is 2. The molecular weight excluding hydrogens is 403 g/mol. The Balaban J connectivity index is 1.84. The third-order valence-corrected chi connectivity index (χ3v) is 5.26. The summed E-state index contributed by atoms with van der Waals surface area (Å²) in [6, 6.07) is 20.6. The predicted octanol–water partition coefficient (Wildman–Crippen LogP) is 4.75. The van der Waals surface area contributed by atoms with Crippen molar-refractivity contribution in [3.05, 3.63) is 107 Å². The molecule has 1 unspecified atom stereocenters. The topological polar surface area (TPSA) is 59.7 Å². The molecule has 0 saturated heterocycles. The molecule has 0 fully saturated rings. The molecule has 2 aromatic heterocycles. The molecule has 0 spiro atoms. The molecule has 2 aromatic carbocycles. The normalized spacial score (nSPS) is 12.8. The Morgan fingerprint density at radius 1 is 0.906 bits per heavy atom. The van der Waals surface area contributed by atoms with Gasteiger partial charge in [0.15, 0.2) is 5.82 Å². The van der Waals surface area contributed by atoms with Gasteiger partial charge in [-0.2, -0.15) is 0 Å². The Labute approximate surface area is 187 Å². The van der Waals surface area contributed by atoms with Gasteiger partial charge in [-0.3, -0.25) is 9.88 Å². The van der Waals surface area contributed by atoms with E-state index in [1.165, 1.54) is 17.7 Å². The van der Waals surface area contributed by atoms with E-state index in [0.29, 0.717) is 18.9 Å². The standard InChI is InChI=1S/C25H27FN6/c1-25(2,3)32-24(28-29-30-32)23(21-11-13-22(26)14-12-21)31(17-19-8-5-4-6-9-19)18-20-10-7-15-27-16-20/h4-16,23H,17-18H2,1-3H3. The lowest BCUT2D eigenvalue weighted by molar-refractivity contribution is 0.185. The van der Waals surface area contributed by atoms with Gasteiger partial charge in [-0.1, -0.05) is 48.5 Å². The Kier molecular flexibility index (Phi) is 6.37. The van der Waals surface area contributed by atoms with Gasteiger partial charge >= 0.3 is 0 Å². The first-order valence-corrected chi connectivity index (χ1v) is 10.6. The molecular formula is C25H27FN6. The van der Waals surface area contributed by atoms with Crippen molar-refractivity contribution in [3.8, 4) is 0 Å². The molecule has 0 bridgehead atoms. The van der Waals surface area contributed by atoms with Crippen molar-refractivity contribution >= 4 is 0 Å². The first kappa shape index (κ1) is 21.8. The van der Waals surface area contributed by atoms with Crippen LogP contribution in [0, 0.1) is 5.82 Å². The fraction of sp³-hybridized carbons (Fsp3) is 0.280. The van der Waals surface area contributed by atoms with Gasteiger partial charge < -0.3 is 0 Å². The molecule has 6 nitrogen and oxygen atoms in total. The van der Waals surface area contributed by atoms with E-state index in [4.69, 9.17) is 0 Å². The van der Waals surface area contributed by atoms with Crippen molar-refractivity contribution in [1.29, 1.82) is 0 Å². The SMILES string of the molecule is CC(C)(C)n1nnnc1C(c1ccc(F)cc1)N(Cc1ccccc1)Cc1cccnc1. The molecule has 4 aromatic rings. The number of halogens is 1. The summed E-state index contributed by atoms with van der Waals surface area (Å²) >= 11 is 0. The quantitative estimate of drug-likeness (QED) is 0.423. The molecule has 32 heavy (non-hydrogen) atoms. The van der Waals surface area contributed by atoms with E-state index in [9.17, 15) is 4.39 Å². The molecule has 7 heteroatoms. The number of tetrazole rings is 1. The molecule has 0 amide bonds. The average Bonchev–Trinajstić information content (AvgIpc) is 3.27. The fourth-order valence-corrected chi connectivity index (χ4v) is 3.79. The van der Waals surface area contributed by atoms with Crippen LogP contribution < -0.4 is 0 Å². The average molecular weight is 431 g/mol. The highest BCUT2D eigenvalue weighted by Crippen LogP contribution is 2.32. The van der Waals surface area contributed by atoms with Crippen LogP contribution in [0.1, 0.15) is 49.3 Å². The first-order chi connectivity index (χ1) is 15.4. The molecule has 0 N–H and O–H groups in total. The van der Waals surface area contributed by atoms with E-state index < -0.39 is 0 Å². The van der Waals surface area contributed by atoms with Gasteiger partial charge in [0.25, 0.3) is 0 Å². The number of hydrogen-bond donors (Lipinski definition) is 0. The van der Waals surface area contributed by atoms with E-state index in [-0.39, 0.29) is 17.4 Å². The Bertz CT molecular complexity index is 1080. The lowest BCUT2D eigenvalue weighted by Crippen LogP contribution is -2.34. The summed E-state index contributed by atoms with van der Waals surface area (Å²) in [7, 11) is 0. The molecule has 2 heterocycles. The molecule has 4 rings (SSSR count). The van der Waals surface area contributed by atoms with Crippen molar-refractivity contribution < 1.29 is 4.39 Å². The minimum absolute atomic E-state index is 0.273. The lowest BCUT2D eigenvalue weighted by Gasteiger charge is -2.33. The summed E-state index contributed by atoms with van der Waals surface area (Å²) in [5, 5.41) is 12.7. The zero-order valence-electron chi connectivity index (χ0n) is 18.6. The summed E-state index contributed by atoms with van der Waals surface area (Å²) in [5.41, 5.74) is 2.85. The third kappa shape index (κ3) is 5.06. The summed E-state index contributed by atoms with van der Waals surface area (Å²) in [4.78, 5) is 6.59. The summed E-state index contributed by atoms with van der Waals surface area (Å²) in [6.45, 7) is 7.49. The smallest absolute Gasteiger partial charge is 0.173 e. The van der Waals surface area contributed by atoms with Crippen LogP contribution in [0.4, 0.5) is 4.39 Å². The fourth-order valence-electron chi connectivity index (χ4n) is 3.79. The summed E-state index contributed by atoms with van der Waals surface area (Å²) < 4.78 is 15.6. The van der Waals surface area contributed by atoms with Crippen molar-refractivity contribution in [1.82, 2.24) is 30.1 Å². The van der Waals surface area contributed by atoms with Crippen LogP contribution in [0.5, 0.6) is 0 Å². The number of aromatic nitrogens is 5. The minimum Gasteiger partial charge on any atom is -0.281 e. The minimum atomic E-state index is -0.316. The van der Waals surface area contributed by atoms with E-state index in [0.717, 1.165) is 11.1 Å². The van der Waals surface area contributed by atoms with E-state index in [1.54, 1.807) is 6.20 Å². The van der Waals surface area contributed by atoms with Gasteiger partial charge in [-0.25, -0.2) is 9.07 Å². The summed E-state index contributed by atoms with van der Waals surface area (Å²) in [6.07, 6.45) is 3.63. The number of nitrogens with zero attached hydrogens (tertiary/aromatic N) is 6. The highest BCUT2D eigenvalue weighted by Gasteiger charge is 2.31. The van der Waals surface area contributed by atoms with Gasteiger partial charge in [-0.15, -0.1) is 5.10 Å². The Morgan fingerprint density at radius 2 is 1.59 bits per heavy atom. The maximum Gasteiger partial charge on any atom is 0.173 e. The number of hydrogen-bond acceptors (Lipinski definition) is 5. The Hall–Kier alpha value is -3.45. The van der Waals surface area contributed by atoms with Gasteiger partial charge in [0.2, 0.25) is 0 Å². The predicted molar refractivity (Wildman–Crippen MR) is 121 cm³/mol. The zero-order valence-corrected chi connectivity index (χ0v) is 18.6. The molecule has 0 aliphatic heterocycles. The number of rotatable bonds is 7. The molecule has 0 aliphatic rings. The van der Waals surface area contributed by atoms with Crippen LogP contribution in [0.25, 0.3) is 0 Å². The van der Waals surface area contributed by atoms with E-state index in [2.05, 4.69) is 64.4 Å². The van der Waals surface area contributed by atoms with Gasteiger partial charge in [0.1, 0.15) is 5.82 Å². The Morgan fingerprint density at radius 3 is 2.25 bits per heavy atom. The molecule has 1 atom stereocenters. The van der Waals surface area contributed by atoms with Crippen LogP contribution >= 0.6 is 0 Å². The van der Waals surface area contributed by atoms with E-state index in [1.807, 2.05) is 47.3 Å². The second kappa shape index (κ2) is 9.36. The maximum atomic E-state index is 13.8. The monoisotopic (exact) mass is 430 g/mol. The summed E-state index contributed by atoms with van der Waals surface area (Å²) in [5.74, 6) is 0.439. The highest BCUT2D eigenvalue weighted by atomic mass is 19.1. The number of pyridine rings is 1. The molecule has 0 aliphatic carbocycles. The molecule has 0 radical (unpaired) electrons. The van der Waals surface area contributed by atoms with Crippen molar-refractivity contribution in [3.63, 3.8) is 0 Å².